The van der Waals surface area contributed by atoms with Crippen LogP contribution in [-0.4, -0.2) is 36.5 Å². The van der Waals surface area contributed by atoms with Gasteiger partial charge in [0.2, 0.25) is 0 Å². The number of nitrogens with two attached hydrogens (primary N) is 1. The molecule has 1 heterocycles. The summed E-state index contributed by atoms with van der Waals surface area (Å²) in [6.45, 7) is 2.26. The van der Waals surface area contributed by atoms with Gasteiger partial charge in [-0.15, -0.1) is 0 Å². The van der Waals surface area contributed by atoms with Gasteiger partial charge in [-0.2, -0.15) is 0 Å². The maximum atomic E-state index is 12.5. The van der Waals surface area contributed by atoms with Crippen molar-refractivity contribution < 1.29 is 9.53 Å². The Balaban J connectivity index is 1.66. The number of likely N-dealkylation sites (tertiary alicyclic amines) is 1. The molecule has 1 aromatic rings. The number of carbonyl (C=O) groups excluding carboxylic acids is 1. The van der Waals surface area contributed by atoms with E-state index in [0.29, 0.717) is 18.6 Å². The fourth-order valence-corrected chi connectivity index (χ4v) is 3.29. The number of nitrogens with zero attached hydrogens (tertiary/aromatic N) is 1. The van der Waals surface area contributed by atoms with Crippen LogP contribution in [0.15, 0.2) is 24.3 Å². The zero-order chi connectivity index (χ0) is 14.7. The van der Waals surface area contributed by atoms with Crippen LogP contribution in [0.3, 0.4) is 0 Å². The van der Waals surface area contributed by atoms with Crippen molar-refractivity contribution in [3.63, 3.8) is 0 Å². The molecule has 0 spiro atoms. The molecule has 2 aliphatic rings. The van der Waals surface area contributed by atoms with Crippen molar-refractivity contribution in [3.05, 3.63) is 29.8 Å². The van der Waals surface area contributed by atoms with E-state index in [2.05, 4.69) is 0 Å². The summed E-state index contributed by atoms with van der Waals surface area (Å²) in [5.41, 5.74) is 6.42. The smallest absolute Gasteiger partial charge is 0.253 e. The zero-order valence-corrected chi connectivity index (χ0v) is 12.5. The SMILES string of the molecule is NCC1CCN(C(=O)c2cccc(OC3CCCC3)c2)C1. The van der Waals surface area contributed by atoms with Crippen molar-refractivity contribution >= 4 is 5.91 Å². The van der Waals surface area contributed by atoms with Crippen molar-refractivity contribution in [2.24, 2.45) is 11.7 Å². The molecule has 1 aromatic carbocycles. The van der Waals surface area contributed by atoms with Crippen molar-refractivity contribution in [2.45, 2.75) is 38.2 Å². The molecule has 1 saturated heterocycles. The minimum Gasteiger partial charge on any atom is -0.490 e. The minimum atomic E-state index is 0.0998. The Morgan fingerprint density at radius 2 is 2.10 bits per heavy atom. The predicted molar refractivity (Wildman–Crippen MR) is 82.4 cm³/mol. The summed E-state index contributed by atoms with van der Waals surface area (Å²) >= 11 is 0. The highest BCUT2D eigenvalue weighted by atomic mass is 16.5. The van der Waals surface area contributed by atoms with Gasteiger partial charge < -0.3 is 15.4 Å². The van der Waals surface area contributed by atoms with E-state index in [1.165, 1.54) is 12.8 Å². The molecule has 1 saturated carbocycles. The van der Waals surface area contributed by atoms with E-state index in [1.54, 1.807) is 0 Å². The topological polar surface area (TPSA) is 55.6 Å². The van der Waals surface area contributed by atoms with Gasteiger partial charge in [-0.25, -0.2) is 0 Å². The summed E-state index contributed by atoms with van der Waals surface area (Å²) in [6.07, 6.45) is 6.09. The van der Waals surface area contributed by atoms with Gasteiger partial charge in [-0.3, -0.25) is 4.79 Å². The van der Waals surface area contributed by atoms with Crippen LogP contribution >= 0.6 is 0 Å². The lowest BCUT2D eigenvalue weighted by Crippen LogP contribution is -2.29. The highest BCUT2D eigenvalue weighted by Crippen LogP contribution is 2.25. The second kappa shape index (κ2) is 6.48. The van der Waals surface area contributed by atoms with Gasteiger partial charge in [0.1, 0.15) is 5.75 Å². The van der Waals surface area contributed by atoms with Gasteiger partial charge in [-0.05, 0) is 62.8 Å². The zero-order valence-electron chi connectivity index (χ0n) is 12.5. The number of amides is 1. The second-order valence-corrected chi connectivity index (χ2v) is 6.19. The summed E-state index contributed by atoms with van der Waals surface area (Å²) in [5.74, 6) is 1.37. The summed E-state index contributed by atoms with van der Waals surface area (Å²) in [5, 5.41) is 0. The quantitative estimate of drug-likeness (QED) is 0.925. The molecule has 2 fully saturated rings. The van der Waals surface area contributed by atoms with Gasteiger partial charge in [0.05, 0.1) is 6.10 Å². The van der Waals surface area contributed by atoms with Crippen molar-refractivity contribution in [3.8, 4) is 5.75 Å². The molecule has 1 aliphatic carbocycles. The Kier molecular flexibility index (Phi) is 4.44. The third-order valence-electron chi connectivity index (χ3n) is 4.59. The van der Waals surface area contributed by atoms with Crippen molar-refractivity contribution in [2.75, 3.05) is 19.6 Å². The van der Waals surface area contributed by atoms with Gasteiger partial charge in [-0.1, -0.05) is 6.07 Å². The molecule has 114 valence electrons. The van der Waals surface area contributed by atoms with Crippen LogP contribution in [0.4, 0.5) is 0 Å². The third kappa shape index (κ3) is 3.38. The summed E-state index contributed by atoms with van der Waals surface area (Å²) in [7, 11) is 0. The lowest BCUT2D eigenvalue weighted by Gasteiger charge is -2.18. The molecule has 1 atom stereocenters. The third-order valence-corrected chi connectivity index (χ3v) is 4.59. The van der Waals surface area contributed by atoms with Crippen LogP contribution in [0.1, 0.15) is 42.5 Å². The molecule has 4 heteroatoms. The summed E-state index contributed by atoms with van der Waals surface area (Å²) < 4.78 is 5.98. The standard InChI is InChI=1S/C17H24N2O2/c18-11-13-8-9-19(12-13)17(20)14-4-3-7-16(10-14)21-15-5-1-2-6-15/h3-4,7,10,13,15H,1-2,5-6,8-9,11-12,18H2. The Morgan fingerprint density at radius 3 is 2.81 bits per heavy atom. The normalized spacial score (nSPS) is 22.7. The van der Waals surface area contributed by atoms with Crippen molar-refractivity contribution in [1.29, 1.82) is 0 Å². The predicted octanol–water partition coefficient (Wildman–Crippen LogP) is 2.43. The number of rotatable bonds is 4. The average molecular weight is 288 g/mol. The molecule has 3 rings (SSSR count). The lowest BCUT2D eigenvalue weighted by atomic mass is 10.1. The van der Waals surface area contributed by atoms with E-state index in [4.69, 9.17) is 10.5 Å². The fraction of sp³-hybridized carbons (Fsp3) is 0.588. The molecule has 1 unspecified atom stereocenters. The van der Waals surface area contributed by atoms with E-state index in [0.717, 1.165) is 43.7 Å². The van der Waals surface area contributed by atoms with Crippen LogP contribution in [0.25, 0.3) is 0 Å². The largest absolute Gasteiger partial charge is 0.490 e. The van der Waals surface area contributed by atoms with Crippen LogP contribution in [0.2, 0.25) is 0 Å². The van der Waals surface area contributed by atoms with Crippen molar-refractivity contribution in [1.82, 2.24) is 4.90 Å². The summed E-state index contributed by atoms with van der Waals surface area (Å²) in [4.78, 5) is 14.4. The number of carbonyl (C=O) groups is 1. The number of hydrogen-bond donors (Lipinski definition) is 1. The molecule has 0 radical (unpaired) electrons. The molecule has 0 bridgehead atoms. The molecule has 2 N–H and O–H groups in total. The number of hydrogen-bond acceptors (Lipinski definition) is 3. The first-order valence-electron chi connectivity index (χ1n) is 8.02. The first kappa shape index (κ1) is 14.4. The van der Waals surface area contributed by atoms with E-state index < -0.39 is 0 Å². The summed E-state index contributed by atoms with van der Waals surface area (Å²) in [6, 6.07) is 7.62. The molecular formula is C17H24N2O2. The van der Waals surface area contributed by atoms with Gasteiger partial charge >= 0.3 is 0 Å². The van der Waals surface area contributed by atoms with Crippen LogP contribution < -0.4 is 10.5 Å². The second-order valence-electron chi connectivity index (χ2n) is 6.19. The van der Waals surface area contributed by atoms with E-state index >= 15 is 0 Å². The van der Waals surface area contributed by atoms with Gasteiger partial charge in [0.15, 0.2) is 0 Å². The molecule has 4 nitrogen and oxygen atoms in total. The number of ether oxygens (including phenoxy) is 1. The number of benzene rings is 1. The Hall–Kier alpha value is -1.55. The minimum absolute atomic E-state index is 0.0998. The van der Waals surface area contributed by atoms with Gasteiger partial charge in [0, 0.05) is 18.7 Å². The van der Waals surface area contributed by atoms with Crippen LogP contribution in [-0.2, 0) is 0 Å². The maximum Gasteiger partial charge on any atom is 0.253 e. The Morgan fingerprint density at radius 1 is 1.29 bits per heavy atom. The van der Waals surface area contributed by atoms with Crippen LogP contribution in [0.5, 0.6) is 5.75 Å². The molecule has 1 aliphatic heterocycles. The Labute approximate surface area is 126 Å². The molecule has 21 heavy (non-hydrogen) atoms. The molecule has 1 amide bonds. The first-order valence-corrected chi connectivity index (χ1v) is 8.02. The monoisotopic (exact) mass is 288 g/mol. The first-order chi connectivity index (χ1) is 10.3. The lowest BCUT2D eigenvalue weighted by molar-refractivity contribution is 0.0787. The molecule has 0 aromatic heterocycles. The van der Waals surface area contributed by atoms with Crippen LogP contribution in [0, 0.1) is 5.92 Å². The highest BCUT2D eigenvalue weighted by Gasteiger charge is 2.26. The molecular weight excluding hydrogens is 264 g/mol. The highest BCUT2D eigenvalue weighted by molar-refractivity contribution is 5.94. The van der Waals surface area contributed by atoms with Gasteiger partial charge in [0.25, 0.3) is 5.91 Å². The van der Waals surface area contributed by atoms with E-state index in [9.17, 15) is 4.79 Å². The van der Waals surface area contributed by atoms with E-state index in [1.807, 2.05) is 29.2 Å². The average Bonchev–Trinajstić information content (AvgIpc) is 3.17. The maximum absolute atomic E-state index is 12.5. The fourth-order valence-electron chi connectivity index (χ4n) is 3.29. The van der Waals surface area contributed by atoms with E-state index in [-0.39, 0.29) is 5.91 Å². The Bertz CT molecular complexity index is 497.